The number of hydrogen-bond donors (Lipinski definition) is 1. The molecule has 0 unspecified atom stereocenters. The van der Waals surface area contributed by atoms with E-state index in [4.69, 9.17) is 15.2 Å². The molecule has 0 aliphatic heterocycles. The van der Waals surface area contributed by atoms with Gasteiger partial charge in [-0.25, -0.2) is 4.79 Å². The number of esters is 1. The summed E-state index contributed by atoms with van der Waals surface area (Å²) in [5, 5.41) is 0. The first kappa shape index (κ1) is 14.4. The quantitative estimate of drug-likeness (QED) is 0.687. The molecule has 2 aromatic rings. The molecule has 2 rings (SSSR count). The Hall–Kier alpha value is -2.01. The smallest absolute Gasteiger partial charge is 0.342 e. The second kappa shape index (κ2) is 6.43. The highest BCUT2D eigenvalue weighted by molar-refractivity contribution is 9.10. The van der Waals surface area contributed by atoms with Crippen LogP contribution in [0.3, 0.4) is 0 Å². The fraction of sp³-hybridized carbons (Fsp3) is 0.133. The Balaban J connectivity index is 2.11. The minimum absolute atomic E-state index is 0.188. The number of benzene rings is 2. The molecular formula is C15H14BrNO3. The second-order valence-corrected chi connectivity index (χ2v) is 4.98. The number of nitrogen functional groups attached to an aromatic ring is 1. The van der Waals surface area contributed by atoms with Crippen LogP contribution in [-0.2, 0) is 11.3 Å². The van der Waals surface area contributed by atoms with Crippen LogP contribution in [0.15, 0.2) is 46.9 Å². The summed E-state index contributed by atoms with van der Waals surface area (Å²) in [6, 6.07) is 12.4. The van der Waals surface area contributed by atoms with Gasteiger partial charge in [-0.05, 0) is 18.2 Å². The Morgan fingerprint density at radius 3 is 2.70 bits per heavy atom. The molecule has 2 aromatic carbocycles. The van der Waals surface area contributed by atoms with Gasteiger partial charge in [0.15, 0.2) is 0 Å². The van der Waals surface area contributed by atoms with Gasteiger partial charge in [0.25, 0.3) is 0 Å². The summed E-state index contributed by atoms with van der Waals surface area (Å²) >= 11 is 3.41. The molecule has 104 valence electrons. The van der Waals surface area contributed by atoms with Crippen LogP contribution in [0.4, 0.5) is 5.69 Å². The summed E-state index contributed by atoms with van der Waals surface area (Å²) in [6.07, 6.45) is 0. The van der Waals surface area contributed by atoms with E-state index in [1.165, 1.54) is 7.11 Å². The minimum atomic E-state index is -0.447. The summed E-state index contributed by atoms with van der Waals surface area (Å²) in [7, 11) is 1.49. The van der Waals surface area contributed by atoms with Crippen molar-refractivity contribution in [1.82, 2.24) is 0 Å². The zero-order chi connectivity index (χ0) is 14.5. The SMILES string of the molecule is COc1cc(N)ccc1C(=O)OCc1ccccc1Br. The first-order chi connectivity index (χ1) is 9.61. The fourth-order valence-corrected chi connectivity index (χ4v) is 2.11. The summed E-state index contributed by atoms with van der Waals surface area (Å²) in [5.74, 6) is -0.0419. The van der Waals surface area contributed by atoms with Crippen molar-refractivity contribution in [3.8, 4) is 5.75 Å². The monoisotopic (exact) mass is 335 g/mol. The van der Waals surface area contributed by atoms with Gasteiger partial charge in [0.2, 0.25) is 0 Å². The average molecular weight is 336 g/mol. The summed E-state index contributed by atoms with van der Waals surface area (Å²) in [4.78, 5) is 12.1. The van der Waals surface area contributed by atoms with Gasteiger partial charge in [0.1, 0.15) is 17.9 Å². The van der Waals surface area contributed by atoms with Crippen molar-refractivity contribution in [2.45, 2.75) is 6.61 Å². The molecule has 0 heterocycles. The van der Waals surface area contributed by atoms with E-state index in [1.54, 1.807) is 18.2 Å². The Morgan fingerprint density at radius 2 is 2.00 bits per heavy atom. The molecule has 0 atom stereocenters. The zero-order valence-electron chi connectivity index (χ0n) is 10.9. The first-order valence-corrected chi connectivity index (χ1v) is 6.75. The molecule has 0 saturated heterocycles. The number of hydrogen-bond acceptors (Lipinski definition) is 4. The van der Waals surface area contributed by atoms with Crippen LogP contribution in [0.1, 0.15) is 15.9 Å². The van der Waals surface area contributed by atoms with Crippen LogP contribution in [-0.4, -0.2) is 13.1 Å². The van der Waals surface area contributed by atoms with Crippen molar-refractivity contribution < 1.29 is 14.3 Å². The molecule has 0 radical (unpaired) electrons. The molecule has 0 spiro atoms. The largest absolute Gasteiger partial charge is 0.496 e. The van der Waals surface area contributed by atoms with Gasteiger partial charge in [-0.1, -0.05) is 34.1 Å². The summed E-state index contributed by atoms with van der Waals surface area (Å²) in [5.41, 5.74) is 7.44. The third-order valence-electron chi connectivity index (χ3n) is 2.76. The van der Waals surface area contributed by atoms with Gasteiger partial charge >= 0.3 is 5.97 Å². The predicted octanol–water partition coefficient (Wildman–Crippen LogP) is 3.40. The van der Waals surface area contributed by atoms with Crippen LogP contribution in [0.2, 0.25) is 0 Å². The van der Waals surface area contributed by atoms with E-state index in [0.29, 0.717) is 17.0 Å². The molecule has 0 aliphatic carbocycles. The molecule has 0 fully saturated rings. The number of methoxy groups -OCH3 is 1. The van der Waals surface area contributed by atoms with Crippen molar-refractivity contribution in [2.24, 2.45) is 0 Å². The number of halogens is 1. The van der Waals surface area contributed by atoms with E-state index in [9.17, 15) is 4.79 Å². The molecule has 20 heavy (non-hydrogen) atoms. The molecule has 0 saturated carbocycles. The maximum atomic E-state index is 12.1. The van der Waals surface area contributed by atoms with Gasteiger partial charge in [0.05, 0.1) is 7.11 Å². The molecule has 0 aromatic heterocycles. The van der Waals surface area contributed by atoms with E-state index < -0.39 is 5.97 Å². The first-order valence-electron chi connectivity index (χ1n) is 5.96. The molecule has 0 amide bonds. The van der Waals surface area contributed by atoms with Crippen LogP contribution >= 0.6 is 15.9 Å². The van der Waals surface area contributed by atoms with Crippen molar-refractivity contribution in [3.63, 3.8) is 0 Å². The van der Waals surface area contributed by atoms with Gasteiger partial charge in [-0.2, -0.15) is 0 Å². The van der Waals surface area contributed by atoms with Gasteiger partial charge in [-0.3, -0.25) is 0 Å². The minimum Gasteiger partial charge on any atom is -0.496 e. The van der Waals surface area contributed by atoms with Crippen molar-refractivity contribution in [1.29, 1.82) is 0 Å². The van der Waals surface area contributed by atoms with Gasteiger partial charge in [-0.15, -0.1) is 0 Å². The Labute approximate surface area is 125 Å². The molecule has 5 heteroatoms. The summed E-state index contributed by atoms with van der Waals surface area (Å²) < 4.78 is 11.3. The number of anilines is 1. The predicted molar refractivity (Wildman–Crippen MR) is 80.7 cm³/mol. The van der Waals surface area contributed by atoms with E-state index >= 15 is 0 Å². The van der Waals surface area contributed by atoms with Crippen LogP contribution in [0.25, 0.3) is 0 Å². The van der Waals surface area contributed by atoms with E-state index in [1.807, 2.05) is 24.3 Å². The lowest BCUT2D eigenvalue weighted by molar-refractivity contribution is 0.0468. The molecular weight excluding hydrogens is 322 g/mol. The molecule has 0 aliphatic rings. The third-order valence-corrected chi connectivity index (χ3v) is 3.54. The zero-order valence-corrected chi connectivity index (χ0v) is 12.5. The molecule has 2 N–H and O–H groups in total. The average Bonchev–Trinajstić information content (AvgIpc) is 2.46. The topological polar surface area (TPSA) is 61.5 Å². The van der Waals surface area contributed by atoms with E-state index in [0.717, 1.165) is 10.0 Å². The lowest BCUT2D eigenvalue weighted by Crippen LogP contribution is -2.07. The standard InChI is InChI=1S/C15H14BrNO3/c1-19-14-8-11(17)6-7-12(14)15(18)20-9-10-4-2-3-5-13(10)16/h2-8H,9,17H2,1H3. The van der Waals surface area contributed by atoms with Crippen molar-refractivity contribution >= 4 is 27.6 Å². The highest BCUT2D eigenvalue weighted by Gasteiger charge is 2.14. The fourth-order valence-electron chi connectivity index (χ4n) is 1.71. The molecule has 0 bridgehead atoms. The van der Waals surface area contributed by atoms with Crippen molar-refractivity contribution in [3.05, 3.63) is 58.1 Å². The Bertz CT molecular complexity index is 628. The van der Waals surface area contributed by atoms with Crippen LogP contribution in [0, 0.1) is 0 Å². The lowest BCUT2D eigenvalue weighted by atomic mass is 10.2. The number of rotatable bonds is 4. The highest BCUT2D eigenvalue weighted by Crippen LogP contribution is 2.23. The second-order valence-electron chi connectivity index (χ2n) is 4.13. The molecule has 4 nitrogen and oxygen atoms in total. The normalized spacial score (nSPS) is 10.1. The third kappa shape index (κ3) is 3.30. The number of ether oxygens (including phenoxy) is 2. The van der Waals surface area contributed by atoms with Gasteiger partial charge < -0.3 is 15.2 Å². The van der Waals surface area contributed by atoms with Crippen LogP contribution in [0.5, 0.6) is 5.75 Å². The maximum absolute atomic E-state index is 12.1. The number of carbonyl (C=O) groups is 1. The Morgan fingerprint density at radius 1 is 1.25 bits per heavy atom. The van der Waals surface area contributed by atoms with E-state index in [2.05, 4.69) is 15.9 Å². The Kier molecular flexibility index (Phi) is 4.63. The van der Waals surface area contributed by atoms with Gasteiger partial charge in [0, 0.05) is 21.8 Å². The number of carbonyl (C=O) groups excluding carboxylic acids is 1. The van der Waals surface area contributed by atoms with E-state index in [-0.39, 0.29) is 6.61 Å². The summed E-state index contributed by atoms with van der Waals surface area (Å²) in [6.45, 7) is 0.188. The highest BCUT2D eigenvalue weighted by atomic mass is 79.9. The maximum Gasteiger partial charge on any atom is 0.342 e. The lowest BCUT2D eigenvalue weighted by Gasteiger charge is -2.10. The van der Waals surface area contributed by atoms with Crippen molar-refractivity contribution in [2.75, 3.05) is 12.8 Å². The number of nitrogens with two attached hydrogens (primary N) is 1. The van der Waals surface area contributed by atoms with Crippen LogP contribution < -0.4 is 10.5 Å².